The van der Waals surface area contributed by atoms with E-state index >= 15 is 0 Å². The van der Waals surface area contributed by atoms with Gasteiger partial charge in [0.15, 0.2) is 5.78 Å². The van der Waals surface area contributed by atoms with E-state index in [0.717, 1.165) is 11.3 Å². The van der Waals surface area contributed by atoms with Gasteiger partial charge in [-0.1, -0.05) is 24.3 Å². The molecule has 0 aliphatic carbocycles. The number of carbonyl (C=O) groups excluding carboxylic acids is 1. The molecular formula is C17H12FNO2. The van der Waals surface area contributed by atoms with Gasteiger partial charge in [-0.25, -0.2) is 4.39 Å². The summed E-state index contributed by atoms with van der Waals surface area (Å²) in [6.07, 6.45) is 1.58. The van der Waals surface area contributed by atoms with Crippen LogP contribution in [0.2, 0.25) is 0 Å². The van der Waals surface area contributed by atoms with Gasteiger partial charge in [0.05, 0.1) is 5.92 Å². The third kappa shape index (κ3) is 1.76. The van der Waals surface area contributed by atoms with E-state index < -0.39 is 0 Å². The summed E-state index contributed by atoms with van der Waals surface area (Å²) >= 11 is 0. The number of H-pyrrole nitrogens is 1. The van der Waals surface area contributed by atoms with Crippen LogP contribution in [0.4, 0.5) is 4.39 Å². The molecular weight excluding hydrogens is 269 g/mol. The molecule has 3 aromatic rings. The number of nitrogens with one attached hydrogen (secondary N) is 1. The van der Waals surface area contributed by atoms with E-state index in [1.54, 1.807) is 18.3 Å². The van der Waals surface area contributed by atoms with Crippen LogP contribution in [0.5, 0.6) is 5.75 Å². The van der Waals surface area contributed by atoms with Crippen LogP contribution in [0, 0.1) is 5.82 Å². The van der Waals surface area contributed by atoms with Gasteiger partial charge in [0.25, 0.3) is 0 Å². The fourth-order valence-corrected chi connectivity index (χ4v) is 2.90. The van der Waals surface area contributed by atoms with E-state index in [1.165, 1.54) is 6.07 Å². The Bertz CT molecular complexity index is 853. The van der Waals surface area contributed by atoms with Crippen LogP contribution < -0.4 is 4.74 Å². The highest BCUT2D eigenvalue weighted by atomic mass is 19.1. The van der Waals surface area contributed by atoms with E-state index in [1.807, 2.05) is 24.3 Å². The molecule has 2 aromatic carbocycles. The van der Waals surface area contributed by atoms with Crippen LogP contribution in [0.25, 0.3) is 10.9 Å². The van der Waals surface area contributed by atoms with Crippen LogP contribution >= 0.6 is 0 Å². The summed E-state index contributed by atoms with van der Waals surface area (Å²) in [6.45, 7) is 0.305. The van der Waals surface area contributed by atoms with Crippen molar-refractivity contribution in [1.29, 1.82) is 0 Å². The van der Waals surface area contributed by atoms with Gasteiger partial charge in [0.1, 0.15) is 18.2 Å². The second-order valence-corrected chi connectivity index (χ2v) is 5.13. The van der Waals surface area contributed by atoms with Gasteiger partial charge in [0, 0.05) is 28.2 Å². The minimum atomic E-state index is -0.385. The number of benzene rings is 2. The average Bonchev–Trinajstić information content (AvgIpc) is 3.11. The van der Waals surface area contributed by atoms with Gasteiger partial charge >= 0.3 is 0 Å². The molecule has 1 aliphatic heterocycles. The second kappa shape index (κ2) is 4.45. The third-order valence-corrected chi connectivity index (χ3v) is 3.94. The van der Waals surface area contributed by atoms with E-state index in [2.05, 4.69) is 4.98 Å². The van der Waals surface area contributed by atoms with E-state index in [9.17, 15) is 9.18 Å². The van der Waals surface area contributed by atoms with Crippen molar-refractivity contribution in [3.63, 3.8) is 0 Å². The molecule has 0 amide bonds. The molecule has 0 fully saturated rings. The zero-order valence-electron chi connectivity index (χ0n) is 11.1. The number of ether oxygens (including phenoxy) is 1. The first kappa shape index (κ1) is 12.1. The fraction of sp³-hybridized carbons (Fsp3) is 0.118. The molecule has 104 valence electrons. The molecule has 0 saturated carbocycles. The van der Waals surface area contributed by atoms with Gasteiger partial charge < -0.3 is 9.72 Å². The highest BCUT2D eigenvalue weighted by Crippen LogP contribution is 2.37. The molecule has 4 heteroatoms. The van der Waals surface area contributed by atoms with Crippen molar-refractivity contribution in [3.05, 3.63) is 65.6 Å². The number of carbonyl (C=O) groups is 1. The Kier molecular flexibility index (Phi) is 2.57. The van der Waals surface area contributed by atoms with Crippen molar-refractivity contribution in [2.75, 3.05) is 6.61 Å². The Morgan fingerprint density at radius 1 is 1.19 bits per heavy atom. The van der Waals surface area contributed by atoms with Crippen molar-refractivity contribution < 1.29 is 13.9 Å². The standard InChI is InChI=1S/C17H12FNO2/c18-13-5-3-6-14-16(13)11(8-19-14)17(20)12-9-21-15-7-2-1-4-10(12)15/h1-8,12,19H,9H2. The summed E-state index contributed by atoms with van der Waals surface area (Å²) in [5.41, 5.74) is 1.88. The number of rotatable bonds is 2. The number of fused-ring (bicyclic) bond motifs is 2. The lowest BCUT2D eigenvalue weighted by Crippen LogP contribution is -2.14. The first-order valence-corrected chi connectivity index (χ1v) is 6.77. The summed E-state index contributed by atoms with van der Waals surface area (Å²) in [4.78, 5) is 15.7. The van der Waals surface area contributed by atoms with Gasteiger partial charge in [0.2, 0.25) is 0 Å². The van der Waals surface area contributed by atoms with E-state index in [0.29, 0.717) is 23.1 Å². The molecule has 0 radical (unpaired) electrons. The highest BCUT2D eigenvalue weighted by molar-refractivity contribution is 6.11. The van der Waals surface area contributed by atoms with Crippen LogP contribution in [-0.4, -0.2) is 17.4 Å². The predicted octanol–water partition coefficient (Wildman–Crippen LogP) is 3.67. The van der Waals surface area contributed by atoms with Crippen molar-refractivity contribution in [3.8, 4) is 5.75 Å². The number of Topliss-reactive ketones (excluding diaryl/α,β-unsaturated/α-hetero) is 1. The largest absolute Gasteiger partial charge is 0.492 e. The zero-order chi connectivity index (χ0) is 14.4. The molecule has 1 unspecified atom stereocenters. The fourth-order valence-electron chi connectivity index (χ4n) is 2.90. The summed E-state index contributed by atoms with van der Waals surface area (Å²) in [7, 11) is 0. The maximum Gasteiger partial charge on any atom is 0.176 e. The number of hydrogen-bond donors (Lipinski definition) is 1. The number of halogens is 1. The molecule has 21 heavy (non-hydrogen) atoms. The maximum atomic E-state index is 14.0. The monoisotopic (exact) mass is 281 g/mol. The van der Waals surface area contributed by atoms with Crippen molar-refractivity contribution >= 4 is 16.7 Å². The summed E-state index contributed by atoms with van der Waals surface area (Å²) in [6, 6.07) is 12.2. The van der Waals surface area contributed by atoms with Crippen molar-refractivity contribution in [2.45, 2.75) is 5.92 Å². The minimum Gasteiger partial charge on any atom is -0.492 e. The minimum absolute atomic E-state index is 0.115. The third-order valence-electron chi connectivity index (χ3n) is 3.94. The summed E-state index contributed by atoms with van der Waals surface area (Å²) < 4.78 is 19.6. The van der Waals surface area contributed by atoms with Crippen LogP contribution in [0.3, 0.4) is 0 Å². The molecule has 1 atom stereocenters. The van der Waals surface area contributed by atoms with Gasteiger partial charge in [-0.2, -0.15) is 0 Å². The normalized spacial score (nSPS) is 16.7. The molecule has 0 spiro atoms. The quantitative estimate of drug-likeness (QED) is 0.728. The van der Waals surface area contributed by atoms with Gasteiger partial charge in [-0.15, -0.1) is 0 Å². The Morgan fingerprint density at radius 2 is 2.05 bits per heavy atom. The lowest BCUT2D eigenvalue weighted by molar-refractivity contribution is 0.0949. The first-order chi connectivity index (χ1) is 10.3. The van der Waals surface area contributed by atoms with Crippen LogP contribution in [0.15, 0.2) is 48.7 Å². The summed E-state index contributed by atoms with van der Waals surface area (Å²) in [5, 5.41) is 0.354. The molecule has 0 saturated heterocycles. The smallest absolute Gasteiger partial charge is 0.176 e. The Labute approximate surface area is 120 Å². The molecule has 0 bridgehead atoms. The number of aromatic amines is 1. The number of para-hydroxylation sites is 1. The Balaban J connectivity index is 1.82. The molecule has 3 nitrogen and oxygen atoms in total. The summed E-state index contributed by atoms with van der Waals surface area (Å²) in [5.74, 6) is -0.142. The van der Waals surface area contributed by atoms with E-state index in [-0.39, 0.29) is 17.5 Å². The lowest BCUT2D eigenvalue weighted by Gasteiger charge is -2.07. The second-order valence-electron chi connectivity index (χ2n) is 5.13. The SMILES string of the molecule is O=C(c1c[nH]c2cccc(F)c12)C1COc2ccccc21. The lowest BCUT2D eigenvalue weighted by atomic mass is 9.92. The predicted molar refractivity (Wildman–Crippen MR) is 77.3 cm³/mol. The molecule has 1 aromatic heterocycles. The van der Waals surface area contributed by atoms with Crippen LogP contribution in [-0.2, 0) is 0 Å². The maximum absolute atomic E-state index is 14.0. The topological polar surface area (TPSA) is 42.1 Å². The average molecular weight is 281 g/mol. The van der Waals surface area contributed by atoms with Crippen LogP contribution in [0.1, 0.15) is 21.8 Å². The van der Waals surface area contributed by atoms with Crippen molar-refractivity contribution in [2.24, 2.45) is 0 Å². The number of ketones is 1. The first-order valence-electron chi connectivity index (χ1n) is 6.77. The zero-order valence-corrected chi connectivity index (χ0v) is 11.1. The van der Waals surface area contributed by atoms with Crippen molar-refractivity contribution in [1.82, 2.24) is 4.98 Å². The Hall–Kier alpha value is -2.62. The highest BCUT2D eigenvalue weighted by Gasteiger charge is 2.32. The van der Waals surface area contributed by atoms with E-state index in [4.69, 9.17) is 4.74 Å². The Morgan fingerprint density at radius 3 is 2.95 bits per heavy atom. The molecule has 1 aliphatic rings. The number of aromatic nitrogens is 1. The number of hydrogen-bond acceptors (Lipinski definition) is 2. The molecule has 1 N–H and O–H groups in total. The van der Waals surface area contributed by atoms with Gasteiger partial charge in [-0.3, -0.25) is 4.79 Å². The molecule has 2 heterocycles. The van der Waals surface area contributed by atoms with Gasteiger partial charge in [-0.05, 0) is 18.2 Å². The molecule has 4 rings (SSSR count).